The van der Waals surface area contributed by atoms with Gasteiger partial charge in [-0.25, -0.2) is 9.55 Å². The lowest BCUT2D eigenvalue weighted by atomic mass is 9.86. The molecule has 0 bridgehead atoms. The molecule has 28 heavy (non-hydrogen) atoms. The van der Waals surface area contributed by atoms with Crippen molar-refractivity contribution < 1.29 is 15.8 Å². The highest BCUT2D eigenvalue weighted by molar-refractivity contribution is 6.08. The second-order valence-electron chi connectivity index (χ2n) is 8.51. The maximum atomic E-state index is 8.87. The van der Waals surface area contributed by atoms with Gasteiger partial charge in [0.1, 0.15) is 7.05 Å². The first-order valence-electron chi connectivity index (χ1n) is 12.0. The van der Waals surface area contributed by atoms with E-state index < -0.39 is 18.6 Å². The molecule has 0 N–H and O–H groups in total. The zero-order valence-electron chi connectivity index (χ0n) is 22.3. The molecule has 3 heteroatoms. The third kappa shape index (κ3) is 3.19. The minimum absolute atomic E-state index is 0.0143. The van der Waals surface area contributed by atoms with Crippen LogP contribution in [0.2, 0.25) is 0 Å². The van der Waals surface area contributed by atoms with Crippen molar-refractivity contribution in [3.05, 3.63) is 58.9 Å². The molecule has 4 aromatic rings. The summed E-state index contributed by atoms with van der Waals surface area (Å²) < 4.78 is 49.9. The quantitative estimate of drug-likeness (QED) is 0.401. The number of hydrogen-bond donors (Lipinski definition) is 0. The zero-order valence-corrected chi connectivity index (χ0v) is 17.3. The topological polar surface area (TPSA) is 29.9 Å². The second-order valence-corrected chi connectivity index (χ2v) is 8.51. The Labute approximate surface area is 174 Å². The standard InChI is InChI=1S/C25H29N2O/c1-15-8-10-19-20-11-9-17(3)26-24(20)28-23(19)22(15)21-12-18(13-25(4,5)6)16(2)14-27(21)7/h8-12,14H,13H2,1-7H3/q+1/i2D3,13D2. The van der Waals surface area contributed by atoms with Crippen molar-refractivity contribution in [3.8, 4) is 11.3 Å². The summed E-state index contributed by atoms with van der Waals surface area (Å²) in [7, 11) is 1.78. The van der Waals surface area contributed by atoms with Crippen LogP contribution < -0.4 is 4.57 Å². The molecule has 0 aliphatic heterocycles. The molecule has 0 fully saturated rings. The number of rotatable bonds is 2. The Morgan fingerprint density at radius 1 is 1.11 bits per heavy atom. The smallest absolute Gasteiger partial charge is 0.227 e. The van der Waals surface area contributed by atoms with E-state index in [-0.39, 0.29) is 11.1 Å². The average molecular weight is 379 g/mol. The summed E-state index contributed by atoms with van der Waals surface area (Å²) in [6.07, 6.45) is -0.349. The van der Waals surface area contributed by atoms with E-state index in [1.54, 1.807) is 38.5 Å². The minimum Gasteiger partial charge on any atom is -0.437 e. The molecule has 3 nitrogen and oxygen atoms in total. The van der Waals surface area contributed by atoms with E-state index in [0.717, 1.165) is 27.6 Å². The highest BCUT2D eigenvalue weighted by Crippen LogP contribution is 2.37. The Hall–Kier alpha value is -2.68. The average Bonchev–Trinajstić information content (AvgIpc) is 3.03. The molecule has 0 radical (unpaired) electrons. The Morgan fingerprint density at radius 3 is 2.57 bits per heavy atom. The Morgan fingerprint density at radius 2 is 1.86 bits per heavy atom. The molecular weight excluding hydrogens is 344 g/mol. The lowest BCUT2D eigenvalue weighted by Gasteiger charge is -2.19. The van der Waals surface area contributed by atoms with Gasteiger partial charge in [-0.2, -0.15) is 0 Å². The van der Waals surface area contributed by atoms with E-state index in [1.165, 1.54) is 6.20 Å². The van der Waals surface area contributed by atoms with E-state index in [4.69, 9.17) is 11.3 Å². The highest BCUT2D eigenvalue weighted by atomic mass is 16.3. The second kappa shape index (κ2) is 6.44. The maximum absolute atomic E-state index is 8.87. The number of furan rings is 1. The molecule has 0 saturated carbocycles. The van der Waals surface area contributed by atoms with Crippen molar-refractivity contribution in [3.63, 3.8) is 0 Å². The first-order valence-corrected chi connectivity index (χ1v) is 9.47. The molecule has 3 aromatic heterocycles. The van der Waals surface area contributed by atoms with Crippen LogP contribution in [-0.4, -0.2) is 4.98 Å². The van der Waals surface area contributed by atoms with Gasteiger partial charge in [0, 0.05) is 34.9 Å². The van der Waals surface area contributed by atoms with Crippen LogP contribution in [0.3, 0.4) is 0 Å². The molecule has 1 aromatic carbocycles. The molecule has 0 unspecified atom stereocenters. The van der Waals surface area contributed by atoms with Gasteiger partial charge in [0.05, 0.1) is 5.56 Å². The number of benzene rings is 1. The van der Waals surface area contributed by atoms with Crippen molar-refractivity contribution in [1.29, 1.82) is 0 Å². The summed E-state index contributed by atoms with van der Waals surface area (Å²) in [6, 6.07) is 9.62. The third-order valence-corrected chi connectivity index (χ3v) is 4.89. The summed E-state index contributed by atoms with van der Waals surface area (Å²) in [5.74, 6) is 0. The molecule has 0 aliphatic rings. The highest BCUT2D eigenvalue weighted by Gasteiger charge is 2.23. The van der Waals surface area contributed by atoms with Gasteiger partial charge in [0.15, 0.2) is 11.8 Å². The molecule has 0 amide bonds. The predicted octanol–water partition coefficient (Wildman–Crippen LogP) is 5.99. The van der Waals surface area contributed by atoms with Gasteiger partial charge in [-0.15, -0.1) is 0 Å². The van der Waals surface area contributed by atoms with Gasteiger partial charge in [-0.1, -0.05) is 32.9 Å². The third-order valence-electron chi connectivity index (χ3n) is 4.89. The summed E-state index contributed by atoms with van der Waals surface area (Å²) in [4.78, 5) is 4.53. The van der Waals surface area contributed by atoms with Crippen LogP contribution in [0.25, 0.3) is 33.3 Å². The number of hydrogen-bond acceptors (Lipinski definition) is 2. The van der Waals surface area contributed by atoms with E-state index in [9.17, 15) is 0 Å². The van der Waals surface area contributed by atoms with E-state index in [2.05, 4.69) is 4.98 Å². The normalized spacial score (nSPS) is 15.9. The van der Waals surface area contributed by atoms with Gasteiger partial charge in [0.2, 0.25) is 11.4 Å². The number of fused-ring (bicyclic) bond motifs is 3. The molecule has 0 aliphatic carbocycles. The molecule has 0 saturated heterocycles. The van der Waals surface area contributed by atoms with Gasteiger partial charge in [-0.05, 0) is 55.7 Å². The lowest BCUT2D eigenvalue weighted by Crippen LogP contribution is -2.32. The van der Waals surface area contributed by atoms with Crippen LogP contribution in [0.15, 0.2) is 40.9 Å². The maximum Gasteiger partial charge on any atom is 0.227 e. The molecule has 0 spiro atoms. The summed E-state index contributed by atoms with van der Waals surface area (Å²) >= 11 is 0. The zero-order chi connectivity index (χ0) is 24.5. The predicted molar refractivity (Wildman–Crippen MR) is 115 cm³/mol. The molecule has 4 rings (SSSR count). The number of aryl methyl sites for hydroxylation is 4. The lowest BCUT2D eigenvalue weighted by molar-refractivity contribution is -0.660. The Balaban J connectivity index is 2.11. The van der Waals surface area contributed by atoms with Gasteiger partial charge in [0.25, 0.3) is 0 Å². The Bertz CT molecular complexity index is 1390. The largest absolute Gasteiger partial charge is 0.437 e. The van der Waals surface area contributed by atoms with Gasteiger partial charge in [-0.3, -0.25) is 0 Å². The fourth-order valence-electron chi connectivity index (χ4n) is 3.63. The van der Waals surface area contributed by atoms with Gasteiger partial charge >= 0.3 is 0 Å². The Kier molecular flexibility index (Phi) is 3.10. The summed E-state index contributed by atoms with van der Waals surface area (Å²) in [5, 5.41) is 1.82. The van der Waals surface area contributed by atoms with E-state index in [0.29, 0.717) is 17.0 Å². The van der Waals surface area contributed by atoms with Crippen molar-refractivity contribution in [2.75, 3.05) is 0 Å². The van der Waals surface area contributed by atoms with Crippen molar-refractivity contribution in [2.45, 2.75) is 47.8 Å². The minimum atomic E-state index is -2.45. The van der Waals surface area contributed by atoms with Crippen LogP contribution in [0.4, 0.5) is 0 Å². The number of nitrogens with zero attached hydrogens (tertiary/aromatic N) is 2. The van der Waals surface area contributed by atoms with Gasteiger partial charge < -0.3 is 4.42 Å². The van der Waals surface area contributed by atoms with Crippen LogP contribution in [0, 0.1) is 26.1 Å². The molecule has 0 atom stereocenters. The summed E-state index contributed by atoms with van der Waals surface area (Å²) in [5.41, 5.74) is 3.85. The van der Waals surface area contributed by atoms with Crippen molar-refractivity contribution in [1.82, 2.24) is 4.98 Å². The van der Waals surface area contributed by atoms with Crippen molar-refractivity contribution in [2.24, 2.45) is 12.5 Å². The first kappa shape index (κ1) is 13.5. The van der Waals surface area contributed by atoms with Crippen LogP contribution in [0.5, 0.6) is 0 Å². The summed E-state index contributed by atoms with van der Waals surface area (Å²) in [6.45, 7) is 6.77. The van der Waals surface area contributed by atoms with Crippen LogP contribution >= 0.6 is 0 Å². The number of aromatic nitrogens is 2. The van der Waals surface area contributed by atoms with E-state index in [1.807, 2.05) is 38.1 Å². The van der Waals surface area contributed by atoms with Crippen LogP contribution in [0.1, 0.15) is 50.0 Å². The van der Waals surface area contributed by atoms with Crippen LogP contribution in [-0.2, 0) is 13.4 Å². The molecular formula is C25H29N2O+. The fourth-order valence-corrected chi connectivity index (χ4v) is 3.63. The fraction of sp³-hybridized carbons (Fsp3) is 0.360. The molecule has 3 heterocycles. The SMILES string of the molecule is [2H]C([2H])([2H])c1c[n+](C)c(-c2c(C)ccc3c2oc2nc(C)ccc23)cc1C([2H])([2H])C(C)(C)C. The van der Waals surface area contributed by atoms with Crippen molar-refractivity contribution >= 4 is 22.1 Å². The monoisotopic (exact) mass is 378 g/mol. The number of pyridine rings is 2. The first-order chi connectivity index (χ1) is 15.1. The molecule has 144 valence electrons. The van der Waals surface area contributed by atoms with E-state index >= 15 is 0 Å².